The number of rotatable bonds is 11. The molecule has 2 fully saturated rings. The summed E-state index contributed by atoms with van der Waals surface area (Å²) in [6.45, 7) is 4.80. The van der Waals surface area contributed by atoms with E-state index < -0.39 is 53.6 Å². The molecule has 15 heteroatoms. The first kappa shape index (κ1) is 32.6. The molecule has 1 N–H and O–H groups in total. The van der Waals surface area contributed by atoms with Crippen LogP contribution in [0.1, 0.15) is 65.2 Å². The molecule has 2 aromatic rings. The smallest absolute Gasteiger partial charge is 0.303 e. The molecule has 234 valence electrons. The lowest BCUT2D eigenvalue weighted by molar-refractivity contribution is -0.211. The maximum atomic E-state index is 12.3. The van der Waals surface area contributed by atoms with E-state index in [4.69, 9.17) is 35.3 Å². The van der Waals surface area contributed by atoms with Crippen LogP contribution in [0.2, 0.25) is 5.02 Å². The third-order valence-corrected chi connectivity index (χ3v) is 8.28. The Morgan fingerprint density at radius 2 is 1.63 bits per heavy atom. The monoisotopic (exact) mass is 638 g/mol. The predicted molar refractivity (Wildman–Crippen MR) is 153 cm³/mol. The SMILES string of the molecule is CC(=O)N[C@H]1[C@H](OC(C)=O)[C@H](OC(C)=O)[C@H](COC(C)=O)O[C@@H]1Sc1nnc(COc2ccc(Cl)cc2)n1C1CCCC1. The van der Waals surface area contributed by atoms with Crippen LogP contribution in [0, 0.1) is 0 Å². The number of halogens is 1. The molecule has 5 atom stereocenters. The molecule has 13 nitrogen and oxygen atoms in total. The van der Waals surface area contributed by atoms with Gasteiger partial charge in [-0.05, 0) is 37.1 Å². The summed E-state index contributed by atoms with van der Waals surface area (Å²) in [5.74, 6) is -1.11. The van der Waals surface area contributed by atoms with Crippen LogP contribution in [0.25, 0.3) is 0 Å². The van der Waals surface area contributed by atoms with Crippen molar-refractivity contribution in [2.24, 2.45) is 0 Å². The van der Waals surface area contributed by atoms with Crippen LogP contribution in [0.4, 0.5) is 0 Å². The van der Waals surface area contributed by atoms with Crippen molar-refractivity contribution >= 4 is 47.2 Å². The van der Waals surface area contributed by atoms with Gasteiger partial charge in [0.25, 0.3) is 0 Å². The van der Waals surface area contributed by atoms with Crippen LogP contribution >= 0.6 is 23.4 Å². The van der Waals surface area contributed by atoms with Crippen LogP contribution in [-0.2, 0) is 44.7 Å². The molecule has 1 aromatic heterocycles. The number of nitrogens with one attached hydrogen (secondary N) is 1. The normalized spacial score (nSPS) is 23.8. The maximum absolute atomic E-state index is 12.3. The van der Waals surface area contributed by atoms with E-state index in [9.17, 15) is 19.2 Å². The summed E-state index contributed by atoms with van der Waals surface area (Å²) in [5, 5.41) is 12.8. The zero-order valence-corrected chi connectivity index (χ0v) is 25.9. The fraction of sp³-hybridized carbons (Fsp3) is 0.571. The molecule has 0 radical (unpaired) electrons. The van der Waals surface area contributed by atoms with Gasteiger partial charge in [-0.15, -0.1) is 10.2 Å². The van der Waals surface area contributed by atoms with E-state index in [0.29, 0.717) is 21.8 Å². The van der Waals surface area contributed by atoms with Gasteiger partial charge in [0, 0.05) is 38.8 Å². The van der Waals surface area contributed by atoms with Crippen molar-refractivity contribution in [3.05, 3.63) is 35.1 Å². The number of carbonyl (C=O) groups is 4. The molecular weight excluding hydrogens is 604 g/mol. The van der Waals surface area contributed by atoms with Gasteiger partial charge in [-0.25, -0.2) is 0 Å². The number of ether oxygens (including phenoxy) is 5. The standard InChI is InChI=1S/C28H35ClN4O9S/c1-15(34)30-24-26(41-18(4)37)25(40-17(3)36)22(13-38-16(2)35)42-27(24)43-28-32-31-23(33(28)20-7-5-6-8-20)14-39-21-11-9-19(29)10-12-21/h9-12,20,22,24-27H,5-8,13-14H2,1-4H3,(H,30,34)/t22-,24-,25+,26-,27+/m0/s1. The summed E-state index contributed by atoms with van der Waals surface area (Å²) < 4.78 is 30.6. The summed E-state index contributed by atoms with van der Waals surface area (Å²) in [7, 11) is 0. The van der Waals surface area contributed by atoms with Gasteiger partial charge in [-0.2, -0.15) is 0 Å². The van der Waals surface area contributed by atoms with Crippen LogP contribution in [0.3, 0.4) is 0 Å². The largest absolute Gasteiger partial charge is 0.486 e. The molecule has 0 bridgehead atoms. The number of esters is 3. The van der Waals surface area contributed by atoms with Gasteiger partial charge in [0.15, 0.2) is 23.2 Å². The molecule has 1 saturated heterocycles. The zero-order chi connectivity index (χ0) is 31.1. The minimum Gasteiger partial charge on any atom is -0.486 e. The molecule has 1 saturated carbocycles. The van der Waals surface area contributed by atoms with Gasteiger partial charge in [-0.3, -0.25) is 23.7 Å². The fourth-order valence-electron chi connectivity index (χ4n) is 5.19. The number of thioether (sulfide) groups is 1. The Kier molecular flexibility index (Phi) is 11.3. The van der Waals surface area contributed by atoms with Crippen molar-refractivity contribution in [2.45, 2.75) is 101 Å². The lowest BCUT2D eigenvalue weighted by Gasteiger charge is -2.44. The van der Waals surface area contributed by atoms with E-state index in [1.165, 1.54) is 39.5 Å². The van der Waals surface area contributed by atoms with E-state index in [1.807, 2.05) is 4.57 Å². The third-order valence-electron chi connectivity index (χ3n) is 6.90. The molecule has 2 aliphatic rings. The number of nitrogens with zero attached hydrogens (tertiary/aromatic N) is 3. The van der Waals surface area contributed by atoms with E-state index in [2.05, 4.69) is 15.5 Å². The highest BCUT2D eigenvalue weighted by Crippen LogP contribution is 2.39. The Morgan fingerprint density at radius 3 is 2.23 bits per heavy atom. The van der Waals surface area contributed by atoms with E-state index in [1.54, 1.807) is 24.3 Å². The number of hydrogen-bond donors (Lipinski definition) is 1. The number of amides is 1. The highest BCUT2D eigenvalue weighted by Gasteiger charge is 2.51. The van der Waals surface area contributed by atoms with Crippen LogP contribution in [-0.4, -0.2) is 75.0 Å². The Morgan fingerprint density at radius 1 is 0.977 bits per heavy atom. The van der Waals surface area contributed by atoms with Crippen LogP contribution in [0.5, 0.6) is 5.75 Å². The Hall–Kier alpha value is -3.36. The van der Waals surface area contributed by atoms with Crippen LogP contribution < -0.4 is 10.1 Å². The molecule has 1 aromatic carbocycles. The van der Waals surface area contributed by atoms with Crippen LogP contribution in [0.15, 0.2) is 29.4 Å². The zero-order valence-electron chi connectivity index (χ0n) is 24.3. The average Bonchev–Trinajstić information content (AvgIpc) is 3.59. The second kappa shape index (κ2) is 14.9. The quantitative estimate of drug-likeness (QED) is 0.283. The third kappa shape index (κ3) is 8.83. The van der Waals surface area contributed by atoms with Crippen molar-refractivity contribution in [1.82, 2.24) is 20.1 Å². The Balaban J connectivity index is 1.68. The summed E-state index contributed by atoms with van der Waals surface area (Å²) in [6.07, 6.45) is 0.567. The van der Waals surface area contributed by atoms with Crippen molar-refractivity contribution in [3.63, 3.8) is 0 Å². The highest BCUT2D eigenvalue weighted by molar-refractivity contribution is 7.99. The average molecular weight is 639 g/mol. The highest BCUT2D eigenvalue weighted by atomic mass is 35.5. The number of carbonyl (C=O) groups excluding carboxylic acids is 4. The summed E-state index contributed by atoms with van der Waals surface area (Å²) >= 11 is 7.17. The van der Waals surface area contributed by atoms with Crippen molar-refractivity contribution < 1.29 is 42.9 Å². The Bertz CT molecular complexity index is 1300. The topological polar surface area (TPSA) is 157 Å². The molecule has 0 spiro atoms. The summed E-state index contributed by atoms with van der Waals surface area (Å²) in [5.41, 5.74) is -0.907. The first-order chi connectivity index (χ1) is 20.5. The lowest BCUT2D eigenvalue weighted by atomic mass is 9.97. The number of hydrogen-bond acceptors (Lipinski definition) is 12. The van der Waals surface area contributed by atoms with Crippen molar-refractivity contribution in [1.29, 1.82) is 0 Å². The lowest BCUT2D eigenvalue weighted by Crippen LogP contribution is -2.65. The van der Waals surface area contributed by atoms with Crippen molar-refractivity contribution in [3.8, 4) is 5.75 Å². The second-order valence-electron chi connectivity index (χ2n) is 10.3. The second-order valence-corrected chi connectivity index (χ2v) is 11.8. The van der Waals surface area contributed by atoms with Gasteiger partial charge < -0.3 is 29.0 Å². The molecule has 4 rings (SSSR count). The molecule has 1 aliphatic carbocycles. The van der Waals surface area contributed by atoms with Gasteiger partial charge in [-0.1, -0.05) is 36.2 Å². The minimum absolute atomic E-state index is 0.110. The van der Waals surface area contributed by atoms with Gasteiger partial charge >= 0.3 is 17.9 Å². The van der Waals surface area contributed by atoms with Gasteiger partial charge in [0.2, 0.25) is 5.91 Å². The molecule has 1 amide bonds. The predicted octanol–water partition coefficient (Wildman–Crippen LogP) is 3.37. The first-order valence-electron chi connectivity index (χ1n) is 13.9. The van der Waals surface area contributed by atoms with Gasteiger partial charge in [0.1, 0.15) is 36.5 Å². The first-order valence-corrected chi connectivity index (χ1v) is 15.2. The van der Waals surface area contributed by atoms with E-state index in [-0.39, 0.29) is 19.3 Å². The van der Waals surface area contributed by atoms with E-state index >= 15 is 0 Å². The maximum Gasteiger partial charge on any atom is 0.303 e. The molecule has 43 heavy (non-hydrogen) atoms. The van der Waals surface area contributed by atoms with Crippen molar-refractivity contribution in [2.75, 3.05) is 6.61 Å². The molecular formula is C28H35ClN4O9S. The fourth-order valence-corrected chi connectivity index (χ4v) is 6.55. The summed E-state index contributed by atoms with van der Waals surface area (Å²) in [6, 6.07) is 6.14. The van der Waals surface area contributed by atoms with Gasteiger partial charge in [0.05, 0.1) is 0 Å². The number of aromatic nitrogens is 3. The molecule has 1 aliphatic heterocycles. The molecule has 0 unspecified atom stereocenters. The number of benzene rings is 1. The minimum atomic E-state index is -1.18. The summed E-state index contributed by atoms with van der Waals surface area (Å²) in [4.78, 5) is 48.2. The van der Waals surface area contributed by atoms with E-state index in [0.717, 1.165) is 25.7 Å². The Labute approximate surface area is 258 Å². The molecule has 2 heterocycles.